The van der Waals surface area contributed by atoms with Gasteiger partial charge in [0, 0.05) is 35.5 Å². The highest BCUT2D eigenvalue weighted by atomic mass is 127. The van der Waals surface area contributed by atoms with Crippen LogP contribution in [0.15, 0.2) is 29.3 Å². The zero-order chi connectivity index (χ0) is 17.2. The Morgan fingerprint density at radius 1 is 1.24 bits per heavy atom. The van der Waals surface area contributed by atoms with Gasteiger partial charge in [-0.2, -0.15) is 11.8 Å². The first-order valence-corrected chi connectivity index (χ1v) is 9.79. The van der Waals surface area contributed by atoms with E-state index in [1.165, 1.54) is 18.6 Å². The molecule has 2 rings (SSSR count). The van der Waals surface area contributed by atoms with Crippen LogP contribution in [0.2, 0.25) is 5.02 Å². The van der Waals surface area contributed by atoms with Crippen molar-refractivity contribution >= 4 is 59.2 Å². The fraction of sp³-hybridized carbons (Fsp3) is 0.529. The second-order valence-electron chi connectivity index (χ2n) is 5.54. The van der Waals surface area contributed by atoms with Gasteiger partial charge in [0.1, 0.15) is 0 Å². The van der Waals surface area contributed by atoms with Gasteiger partial charge in [-0.25, -0.2) is 0 Å². The van der Waals surface area contributed by atoms with E-state index in [9.17, 15) is 4.79 Å². The zero-order valence-corrected chi connectivity index (χ0v) is 18.3. The Bertz CT molecular complexity index is 550. The number of amides is 1. The Morgan fingerprint density at radius 3 is 2.60 bits per heavy atom. The van der Waals surface area contributed by atoms with Gasteiger partial charge >= 0.3 is 0 Å². The molecule has 3 N–H and O–H groups in total. The van der Waals surface area contributed by atoms with E-state index in [1.54, 1.807) is 24.3 Å². The highest BCUT2D eigenvalue weighted by molar-refractivity contribution is 14.0. The molecule has 1 amide bonds. The molecule has 1 aliphatic rings. The minimum Gasteiger partial charge on any atom is -0.357 e. The molecule has 1 heterocycles. The summed E-state index contributed by atoms with van der Waals surface area (Å²) in [4.78, 5) is 16.6. The van der Waals surface area contributed by atoms with Crippen molar-refractivity contribution in [1.82, 2.24) is 16.0 Å². The van der Waals surface area contributed by atoms with Gasteiger partial charge in [0.25, 0.3) is 5.91 Å². The normalized spacial score (nSPS) is 16.9. The molecule has 8 heteroatoms. The molecule has 0 aliphatic carbocycles. The van der Waals surface area contributed by atoms with Crippen LogP contribution in [-0.2, 0) is 0 Å². The molecule has 0 radical (unpaired) electrons. The van der Waals surface area contributed by atoms with Crippen LogP contribution in [0, 0.1) is 0 Å². The molecule has 140 valence electrons. The number of halogens is 2. The van der Waals surface area contributed by atoms with Crippen molar-refractivity contribution in [2.45, 2.75) is 25.0 Å². The van der Waals surface area contributed by atoms with Crippen molar-refractivity contribution in [3.05, 3.63) is 34.9 Å². The third kappa shape index (κ3) is 8.50. The molecule has 0 spiro atoms. The Kier molecular flexibility index (Phi) is 11.3. The lowest BCUT2D eigenvalue weighted by Crippen LogP contribution is -2.41. The number of hydrogen-bond donors (Lipinski definition) is 3. The lowest BCUT2D eigenvalue weighted by molar-refractivity contribution is 0.0954. The Labute approximate surface area is 176 Å². The summed E-state index contributed by atoms with van der Waals surface area (Å²) in [5, 5.41) is 10.6. The average molecular weight is 497 g/mol. The number of nitrogens with zero attached hydrogens (tertiary/aromatic N) is 1. The largest absolute Gasteiger partial charge is 0.357 e. The summed E-state index contributed by atoms with van der Waals surface area (Å²) in [6, 6.07) is 6.86. The second-order valence-corrected chi connectivity index (χ2v) is 7.39. The van der Waals surface area contributed by atoms with E-state index >= 15 is 0 Å². The first-order valence-electron chi connectivity index (χ1n) is 8.36. The minimum absolute atomic E-state index is 0. The monoisotopic (exact) mass is 496 g/mol. The molecule has 1 aromatic rings. The van der Waals surface area contributed by atoms with Gasteiger partial charge in [-0.15, -0.1) is 24.0 Å². The summed E-state index contributed by atoms with van der Waals surface area (Å²) in [5.41, 5.74) is 0.609. The van der Waals surface area contributed by atoms with E-state index in [4.69, 9.17) is 11.6 Å². The average Bonchev–Trinajstić information content (AvgIpc) is 3.10. The van der Waals surface area contributed by atoms with Gasteiger partial charge in [0.15, 0.2) is 5.96 Å². The second kappa shape index (κ2) is 12.6. The Hall–Kier alpha value is -0.670. The number of carbonyl (C=O) groups is 1. The molecular weight excluding hydrogens is 471 g/mol. The van der Waals surface area contributed by atoms with E-state index in [1.807, 2.05) is 18.7 Å². The molecule has 0 aromatic heterocycles. The first kappa shape index (κ1) is 22.4. The van der Waals surface area contributed by atoms with Crippen LogP contribution < -0.4 is 16.0 Å². The SMILES string of the molecule is CCNC(=NCC1CCCS1)NCCNC(=O)c1ccc(Cl)cc1.I. The number of nitrogens with one attached hydrogen (secondary N) is 3. The fourth-order valence-corrected chi connectivity index (χ4v) is 3.69. The van der Waals surface area contributed by atoms with Crippen LogP contribution in [0.1, 0.15) is 30.1 Å². The maximum absolute atomic E-state index is 12.0. The molecule has 1 fully saturated rings. The van der Waals surface area contributed by atoms with E-state index in [0.717, 1.165) is 19.0 Å². The van der Waals surface area contributed by atoms with E-state index in [0.29, 0.717) is 28.9 Å². The third-order valence-electron chi connectivity index (χ3n) is 3.63. The quantitative estimate of drug-likeness (QED) is 0.235. The van der Waals surface area contributed by atoms with E-state index in [-0.39, 0.29) is 29.9 Å². The van der Waals surface area contributed by atoms with Crippen LogP contribution in [0.3, 0.4) is 0 Å². The summed E-state index contributed by atoms with van der Waals surface area (Å²) in [7, 11) is 0. The maximum atomic E-state index is 12.0. The van der Waals surface area contributed by atoms with Crippen LogP contribution in [0.25, 0.3) is 0 Å². The molecule has 0 saturated carbocycles. The standard InChI is InChI=1S/C17H25ClN4OS.HI/c1-2-19-17(22-12-15-4-3-11-24-15)21-10-9-20-16(23)13-5-7-14(18)8-6-13;/h5-8,15H,2-4,9-12H2,1H3,(H,20,23)(H2,19,21,22);1H. The molecule has 1 aliphatic heterocycles. The topological polar surface area (TPSA) is 65.5 Å². The highest BCUT2D eigenvalue weighted by Gasteiger charge is 2.14. The van der Waals surface area contributed by atoms with Gasteiger partial charge in [0.05, 0.1) is 6.54 Å². The van der Waals surface area contributed by atoms with E-state index in [2.05, 4.69) is 20.9 Å². The van der Waals surface area contributed by atoms with Crippen molar-refractivity contribution in [3.8, 4) is 0 Å². The minimum atomic E-state index is -0.0993. The van der Waals surface area contributed by atoms with Gasteiger partial charge in [-0.05, 0) is 49.8 Å². The number of aliphatic imine (C=N–C) groups is 1. The van der Waals surface area contributed by atoms with Gasteiger partial charge in [-0.1, -0.05) is 11.6 Å². The van der Waals surface area contributed by atoms with Crippen molar-refractivity contribution in [2.24, 2.45) is 4.99 Å². The predicted octanol–water partition coefficient (Wildman–Crippen LogP) is 3.14. The fourth-order valence-electron chi connectivity index (χ4n) is 2.38. The van der Waals surface area contributed by atoms with E-state index < -0.39 is 0 Å². The number of hydrogen-bond acceptors (Lipinski definition) is 3. The molecule has 1 unspecified atom stereocenters. The molecule has 1 saturated heterocycles. The number of rotatable bonds is 7. The van der Waals surface area contributed by atoms with Crippen LogP contribution in [-0.4, -0.2) is 49.0 Å². The van der Waals surface area contributed by atoms with Crippen LogP contribution in [0.4, 0.5) is 0 Å². The van der Waals surface area contributed by atoms with Gasteiger partial charge < -0.3 is 16.0 Å². The van der Waals surface area contributed by atoms with Gasteiger partial charge in [-0.3, -0.25) is 9.79 Å². The Morgan fingerprint density at radius 2 is 1.96 bits per heavy atom. The first-order chi connectivity index (χ1) is 11.7. The lowest BCUT2D eigenvalue weighted by Gasteiger charge is -2.13. The summed E-state index contributed by atoms with van der Waals surface area (Å²) in [6.07, 6.45) is 2.55. The molecule has 1 atom stereocenters. The molecule has 1 aromatic carbocycles. The zero-order valence-electron chi connectivity index (χ0n) is 14.4. The summed E-state index contributed by atoms with van der Waals surface area (Å²) in [5.74, 6) is 1.96. The smallest absolute Gasteiger partial charge is 0.251 e. The van der Waals surface area contributed by atoms with Crippen molar-refractivity contribution in [1.29, 1.82) is 0 Å². The van der Waals surface area contributed by atoms with Gasteiger partial charge in [0.2, 0.25) is 0 Å². The third-order valence-corrected chi connectivity index (χ3v) is 5.26. The lowest BCUT2D eigenvalue weighted by atomic mass is 10.2. The molecule has 5 nitrogen and oxygen atoms in total. The number of carbonyl (C=O) groups excluding carboxylic acids is 1. The Balaban J connectivity index is 0.00000312. The highest BCUT2D eigenvalue weighted by Crippen LogP contribution is 2.25. The van der Waals surface area contributed by atoms with Crippen molar-refractivity contribution in [3.63, 3.8) is 0 Å². The van der Waals surface area contributed by atoms with Crippen molar-refractivity contribution < 1.29 is 4.79 Å². The number of guanidine groups is 1. The molecular formula is C17H26ClIN4OS. The number of thioether (sulfide) groups is 1. The summed E-state index contributed by atoms with van der Waals surface area (Å²) < 4.78 is 0. The van der Waals surface area contributed by atoms with Crippen LogP contribution in [0.5, 0.6) is 0 Å². The molecule has 0 bridgehead atoms. The van der Waals surface area contributed by atoms with Crippen molar-refractivity contribution in [2.75, 3.05) is 31.9 Å². The maximum Gasteiger partial charge on any atom is 0.251 e. The summed E-state index contributed by atoms with van der Waals surface area (Å²) >= 11 is 7.83. The number of benzene rings is 1. The molecule has 25 heavy (non-hydrogen) atoms. The van der Waals surface area contributed by atoms with Crippen LogP contribution >= 0.6 is 47.3 Å². The predicted molar refractivity (Wildman–Crippen MR) is 119 cm³/mol. The summed E-state index contributed by atoms with van der Waals surface area (Å²) in [6.45, 7) is 4.87.